The molecule has 1 aromatic carbocycles. The van der Waals surface area contributed by atoms with Crippen molar-refractivity contribution in [3.05, 3.63) is 29.3 Å². The van der Waals surface area contributed by atoms with E-state index in [0.717, 1.165) is 49.5 Å². The lowest BCUT2D eigenvalue weighted by atomic mass is 9.97. The molecule has 3 rings (SSSR count). The number of carbonyl (C=O) groups is 1. The SMILES string of the molecule is O=C(NCCCC1CC1)c1cccc2c1CCCN2. The Bertz CT molecular complexity index is 466. The van der Waals surface area contributed by atoms with E-state index in [1.54, 1.807) is 0 Å². The van der Waals surface area contributed by atoms with E-state index in [9.17, 15) is 4.79 Å². The van der Waals surface area contributed by atoms with Crippen molar-refractivity contribution in [3.8, 4) is 0 Å². The highest BCUT2D eigenvalue weighted by Crippen LogP contribution is 2.33. The van der Waals surface area contributed by atoms with Crippen LogP contribution in [0.2, 0.25) is 0 Å². The van der Waals surface area contributed by atoms with E-state index in [2.05, 4.69) is 16.7 Å². The van der Waals surface area contributed by atoms with Gasteiger partial charge in [-0.05, 0) is 49.3 Å². The summed E-state index contributed by atoms with van der Waals surface area (Å²) in [5.41, 5.74) is 3.18. The van der Waals surface area contributed by atoms with Crippen molar-refractivity contribution >= 4 is 11.6 Å². The van der Waals surface area contributed by atoms with Crippen molar-refractivity contribution in [2.45, 2.75) is 38.5 Å². The lowest BCUT2D eigenvalue weighted by molar-refractivity contribution is 0.0952. The Hall–Kier alpha value is -1.51. The molecule has 1 fully saturated rings. The fourth-order valence-electron chi connectivity index (χ4n) is 2.82. The molecule has 1 heterocycles. The van der Waals surface area contributed by atoms with Crippen molar-refractivity contribution in [2.24, 2.45) is 5.92 Å². The predicted molar refractivity (Wildman–Crippen MR) is 77.5 cm³/mol. The van der Waals surface area contributed by atoms with E-state index in [-0.39, 0.29) is 5.91 Å². The highest BCUT2D eigenvalue weighted by Gasteiger charge is 2.20. The third-order valence-electron chi connectivity index (χ3n) is 4.11. The maximum absolute atomic E-state index is 12.2. The molecule has 1 aliphatic carbocycles. The summed E-state index contributed by atoms with van der Waals surface area (Å²) in [4.78, 5) is 12.2. The Kier molecular flexibility index (Phi) is 3.72. The quantitative estimate of drug-likeness (QED) is 0.797. The highest BCUT2D eigenvalue weighted by molar-refractivity contribution is 5.97. The highest BCUT2D eigenvalue weighted by atomic mass is 16.1. The van der Waals surface area contributed by atoms with Crippen LogP contribution in [0.1, 0.15) is 48.0 Å². The van der Waals surface area contributed by atoms with E-state index in [0.29, 0.717) is 0 Å². The third kappa shape index (κ3) is 3.09. The van der Waals surface area contributed by atoms with Crippen LogP contribution in [-0.2, 0) is 6.42 Å². The van der Waals surface area contributed by atoms with Gasteiger partial charge in [-0.2, -0.15) is 0 Å². The Morgan fingerprint density at radius 1 is 1.37 bits per heavy atom. The van der Waals surface area contributed by atoms with Gasteiger partial charge in [-0.15, -0.1) is 0 Å². The van der Waals surface area contributed by atoms with Gasteiger partial charge >= 0.3 is 0 Å². The van der Waals surface area contributed by atoms with Gasteiger partial charge in [-0.3, -0.25) is 4.79 Å². The lowest BCUT2D eigenvalue weighted by Crippen LogP contribution is -2.27. The molecule has 0 atom stereocenters. The predicted octanol–water partition coefficient (Wildman–Crippen LogP) is 2.96. The first-order valence-corrected chi connectivity index (χ1v) is 7.48. The maximum Gasteiger partial charge on any atom is 0.251 e. The Morgan fingerprint density at radius 2 is 2.26 bits per heavy atom. The summed E-state index contributed by atoms with van der Waals surface area (Å²) in [6.07, 6.45) is 7.29. The molecule has 1 amide bonds. The van der Waals surface area contributed by atoms with E-state index >= 15 is 0 Å². The van der Waals surface area contributed by atoms with Gasteiger partial charge in [0.05, 0.1) is 0 Å². The van der Waals surface area contributed by atoms with Crippen molar-refractivity contribution in [1.29, 1.82) is 0 Å². The summed E-state index contributed by atoms with van der Waals surface area (Å²) in [5.74, 6) is 1.04. The number of anilines is 1. The summed E-state index contributed by atoms with van der Waals surface area (Å²) >= 11 is 0. The van der Waals surface area contributed by atoms with Crippen LogP contribution < -0.4 is 10.6 Å². The Balaban J connectivity index is 1.59. The summed E-state index contributed by atoms with van der Waals surface area (Å²) in [6.45, 7) is 1.83. The molecule has 102 valence electrons. The number of hydrogen-bond donors (Lipinski definition) is 2. The molecule has 3 heteroatoms. The second kappa shape index (κ2) is 5.64. The standard InChI is InChI=1S/C16H22N2O/c19-16(18-11-2-4-12-8-9-12)14-5-1-7-15-13(14)6-3-10-17-15/h1,5,7,12,17H,2-4,6,8-11H2,(H,18,19). The molecular weight excluding hydrogens is 236 g/mol. The number of carbonyl (C=O) groups excluding carboxylic acids is 1. The van der Waals surface area contributed by atoms with E-state index < -0.39 is 0 Å². The zero-order valence-electron chi connectivity index (χ0n) is 11.4. The topological polar surface area (TPSA) is 41.1 Å². The molecule has 3 nitrogen and oxygen atoms in total. The van der Waals surface area contributed by atoms with E-state index in [1.807, 2.05) is 12.1 Å². The molecule has 0 saturated heterocycles. The molecule has 1 aromatic rings. The Morgan fingerprint density at radius 3 is 3.11 bits per heavy atom. The van der Waals surface area contributed by atoms with Gasteiger partial charge in [-0.1, -0.05) is 18.9 Å². The Labute approximate surface area is 114 Å². The van der Waals surface area contributed by atoms with Crippen LogP contribution in [-0.4, -0.2) is 19.0 Å². The van der Waals surface area contributed by atoms with Crippen LogP contribution in [0.4, 0.5) is 5.69 Å². The molecule has 1 aliphatic heterocycles. The van der Waals surface area contributed by atoms with Crippen LogP contribution >= 0.6 is 0 Å². The number of fused-ring (bicyclic) bond motifs is 1. The number of amides is 1. The van der Waals surface area contributed by atoms with Crippen LogP contribution in [0.5, 0.6) is 0 Å². The molecule has 0 radical (unpaired) electrons. The lowest BCUT2D eigenvalue weighted by Gasteiger charge is -2.20. The number of nitrogens with one attached hydrogen (secondary N) is 2. The second-order valence-corrected chi connectivity index (χ2v) is 5.70. The first-order valence-electron chi connectivity index (χ1n) is 7.48. The average molecular weight is 258 g/mol. The molecule has 0 aromatic heterocycles. The van der Waals surface area contributed by atoms with Crippen molar-refractivity contribution in [3.63, 3.8) is 0 Å². The molecule has 1 saturated carbocycles. The largest absolute Gasteiger partial charge is 0.385 e. The molecule has 19 heavy (non-hydrogen) atoms. The smallest absolute Gasteiger partial charge is 0.251 e. The summed E-state index contributed by atoms with van der Waals surface area (Å²) in [7, 11) is 0. The average Bonchev–Trinajstić information content (AvgIpc) is 3.27. The fraction of sp³-hybridized carbons (Fsp3) is 0.562. The molecule has 2 N–H and O–H groups in total. The van der Waals surface area contributed by atoms with Gasteiger partial charge in [0, 0.05) is 24.3 Å². The number of hydrogen-bond acceptors (Lipinski definition) is 2. The van der Waals surface area contributed by atoms with Crippen molar-refractivity contribution < 1.29 is 4.79 Å². The minimum Gasteiger partial charge on any atom is -0.385 e. The van der Waals surface area contributed by atoms with Crippen molar-refractivity contribution in [1.82, 2.24) is 5.32 Å². The van der Waals surface area contributed by atoms with Crippen molar-refractivity contribution in [2.75, 3.05) is 18.4 Å². The van der Waals surface area contributed by atoms with Crippen LogP contribution in [0.15, 0.2) is 18.2 Å². The number of rotatable bonds is 5. The second-order valence-electron chi connectivity index (χ2n) is 5.70. The van der Waals surface area contributed by atoms with Gasteiger partial charge in [0.15, 0.2) is 0 Å². The van der Waals surface area contributed by atoms with E-state index in [1.165, 1.54) is 24.8 Å². The molecule has 2 aliphatic rings. The van der Waals surface area contributed by atoms with Gasteiger partial charge in [0.25, 0.3) is 5.91 Å². The molecule has 0 spiro atoms. The number of benzene rings is 1. The van der Waals surface area contributed by atoms with Gasteiger partial charge in [-0.25, -0.2) is 0 Å². The minimum absolute atomic E-state index is 0.0938. The van der Waals surface area contributed by atoms with Crippen LogP contribution in [0.3, 0.4) is 0 Å². The van der Waals surface area contributed by atoms with E-state index in [4.69, 9.17) is 0 Å². The summed E-state index contributed by atoms with van der Waals surface area (Å²) < 4.78 is 0. The summed E-state index contributed by atoms with van der Waals surface area (Å²) in [6, 6.07) is 5.98. The van der Waals surface area contributed by atoms with Gasteiger partial charge < -0.3 is 10.6 Å². The normalized spacial score (nSPS) is 17.5. The zero-order chi connectivity index (χ0) is 13.1. The minimum atomic E-state index is 0.0938. The zero-order valence-corrected chi connectivity index (χ0v) is 11.4. The van der Waals surface area contributed by atoms with Crippen LogP contribution in [0.25, 0.3) is 0 Å². The fourth-order valence-corrected chi connectivity index (χ4v) is 2.82. The third-order valence-corrected chi connectivity index (χ3v) is 4.11. The monoisotopic (exact) mass is 258 g/mol. The summed E-state index contributed by atoms with van der Waals surface area (Å²) in [5, 5.41) is 6.43. The molecular formula is C16H22N2O. The van der Waals surface area contributed by atoms with Gasteiger partial charge in [0.2, 0.25) is 0 Å². The molecule has 0 unspecified atom stereocenters. The molecule has 0 bridgehead atoms. The first-order chi connectivity index (χ1) is 9.34. The maximum atomic E-state index is 12.2. The first kappa shape index (κ1) is 12.5. The van der Waals surface area contributed by atoms with Crippen LogP contribution in [0, 0.1) is 5.92 Å². The van der Waals surface area contributed by atoms with Gasteiger partial charge in [0.1, 0.15) is 0 Å².